The van der Waals surface area contributed by atoms with Crippen molar-refractivity contribution in [2.45, 2.75) is 56.2 Å². The van der Waals surface area contributed by atoms with Crippen LogP contribution >= 0.6 is 0 Å². The fourth-order valence-corrected chi connectivity index (χ4v) is 6.51. The van der Waals surface area contributed by atoms with Crippen LogP contribution in [0.15, 0.2) is 29.4 Å². The molecule has 2 aromatic rings. The molecular formula is C26H27F5N4O5S. The van der Waals surface area contributed by atoms with Crippen LogP contribution in [0.1, 0.15) is 42.6 Å². The Balaban J connectivity index is 1.49. The molecule has 3 N–H and O–H groups in total. The van der Waals surface area contributed by atoms with Crippen molar-refractivity contribution in [2.75, 3.05) is 12.8 Å². The maximum atomic E-state index is 15.1. The van der Waals surface area contributed by atoms with Gasteiger partial charge in [0.25, 0.3) is 11.8 Å². The van der Waals surface area contributed by atoms with Gasteiger partial charge in [-0.3, -0.25) is 14.4 Å². The summed E-state index contributed by atoms with van der Waals surface area (Å²) in [6.45, 7) is 0.314. The molecule has 4 aliphatic rings. The lowest BCUT2D eigenvalue weighted by Crippen LogP contribution is -2.68. The third-order valence-corrected chi connectivity index (χ3v) is 8.92. The van der Waals surface area contributed by atoms with Crippen molar-refractivity contribution in [1.82, 2.24) is 20.5 Å². The summed E-state index contributed by atoms with van der Waals surface area (Å²) in [5, 5.41) is 3.14. The number of sulfone groups is 1. The number of H-pyrrole nitrogens is 1. The predicted molar refractivity (Wildman–Crippen MR) is 136 cm³/mol. The Bertz CT molecular complexity index is 1520. The molecule has 2 bridgehead atoms. The monoisotopic (exact) mass is 602 g/mol. The van der Waals surface area contributed by atoms with Crippen LogP contribution in [0.2, 0.25) is 0 Å². The molecule has 1 aromatic heterocycles. The van der Waals surface area contributed by atoms with Crippen LogP contribution in [-0.4, -0.2) is 72.9 Å². The van der Waals surface area contributed by atoms with E-state index in [4.69, 9.17) is 0 Å². The quantitative estimate of drug-likeness (QED) is 0.420. The van der Waals surface area contributed by atoms with Crippen molar-refractivity contribution >= 4 is 38.5 Å². The number of hydrogen-bond acceptors (Lipinski definition) is 5. The number of piperidine rings is 2. The SMILES string of the molecule is CS(=O)(=O)/C(F)=C/[C@H](C[C@H]1CCNC1=O)NC(=O)[C@H]1[C@H]2CC[C@H](CC2(F)F)N1C(=O)c1cc2c(F)ccc(F)c2[nH]1. The van der Waals surface area contributed by atoms with Gasteiger partial charge in [-0.25, -0.2) is 26.0 Å². The molecule has 41 heavy (non-hydrogen) atoms. The second-order valence-corrected chi connectivity index (χ2v) is 12.8. The summed E-state index contributed by atoms with van der Waals surface area (Å²) in [7, 11) is -4.32. The molecule has 0 spiro atoms. The van der Waals surface area contributed by atoms with Gasteiger partial charge in [0.15, 0.2) is 0 Å². The largest absolute Gasteiger partial charge is 0.356 e. The molecule has 0 radical (unpaired) electrons. The van der Waals surface area contributed by atoms with Crippen molar-refractivity contribution < 1.29 is 44.8 Å². The lowest BCUT2D eigenvalue weighted by atomic mass is 9.71. The average Bonchev–Trinajstić information content (AvgIpc) is 3.52. The van der Waals surface area contributed by atoms with Crippen molar-refractivity contribution in [3.8, 4) is 0 Å². The maximum absolute atomic E-state index is 15.1. The van der Waals surface area contributed by atoms with Crippen LogP contribution in [0, 0.1) is 23.5 Å². The Labute approximate surface area is 231 Å². The Morgan fingerprint density at radius 2 is 1.90 bits per heavy atom. The highest BCUT2D eigenvalue weighted by Crippen LogP contribution is 2.49. The molecule has 4 heterocycles. The Kier molecular flexibility index (Phi) is 7.37. The highest BCUT2D eigenvalue weighted by molar-refractivity contribution is 7.94. The van der Waals surface area contributed by atoms with Gasteiger partial charge in [0.05, 0.1) is 17.5 Å². The maximum Gasteiger partial charge on any atom is 0.271 e. The first-order valence-corrected chi connectivity index (χ1v) is 14.9. The van der Waals surface area contributed by atoms with Crippen LogP contribution in [-0.2, 0) is 19.4 Å². The minimum Gasteiger partial charge on any atom is -0.356 e. The van der Waals surface area contributed by atoms with Crippen LogP contribution in [0.25, 0.3) is 10.9 Å². The molecule has 1 aliphatic carbocycles. The summed E-state index contributed by atoms with van der Waals surface area (Å²) >= 11 is 0. The van der Waals surface area contributed by atoms with Crippen LogP contribution in [0.4, 0.5) is 22.0 Å². The van der Waals surface area contributed by atoms with Crippen LogP contribution in [0.5, 0.6) is 0 Å². The van der Waals surface area contributed by atoms with E-state index in [-0.39, 0.29) is 35.9 Å². The first kappa shape index (κ1) is 29.0. The van der Waals surface area contributed by atoms with Crippen molar-refractivity contribution in [2.24, 2.45) is 11.8 Å². The number of aromatic amines is 1. The van der Waals surface area contributed by atoms with Gasteiger partial charge in [-0.05, 0) is 50.0 Å². The van der Waals surface area contributed by atoms with Crippen molar-refractivity contribution in [3.63, 3.8) is 0 Å². The first-order chi connectivity index (χ1) is 19.2. The molecule has 5 atom stereocenters. The third kappa shape index (κ3) is 5.43. The molecule has 0 unspecified atom stereocenters. The fraction of sp³-hybridized carbons (Fsp3) is 0.500. The topological polar surface area (TPSA) is 128 Å². The summed E-state index contributed by atoms with van der Waals surface area (Å²) in [6, 6.07) is -1.48. The zero-order valence-corrected chi connectivity index (χ0v) is 22.5. The highest BCUT2D eigenvalue weighted by Gasteiger charge is 2.60. The number of halogens is 5. The lowest BCUT2D eigenvalue weighted by molar-refractivity contribution is -0.179. The zero-order chi connectivity index (χ0) is 29.9. The van der Waals surface area contributed by atoms with Crippen LogP contribution < -0.4 is 10.6 Å². The Morgan fingerprint density at radius 1 is 1.20 bits per heavy atom. The van der Waals surface area contributed by atoms with Gasteiger partial charge in [-0.15, -0.1) is 0 Å². The van der Waals surface area contributed by atoms with Crippen LogP contribution in [0.3, 0.4) is 0 Å². The summed E-state index contributed by atoms with van der Waals surface area (Å²) in [5.41, 5.74) is -0.627. The highest BCUT2D eigenvalue weighted by atomic mass is 32.2. The van der Waals surface area contributed by atoms with E-state index in [2.05, 4.69) is 15.6 Å². The van der Waals surface area contributed by atoms with Gasteiger partial charge in [-0.2, -0.15) is 4.39 Å². The summed E-state index contributed by atoms with van der Waals surface area (Å²) in [4.78, 5) is 42.8. The van der Waals surface area contributed by atoms with Gasteiger partial charge in [0, 0.05) is 36.6 Å². The zero-order valence-electron chi connectivity index (χ0n) is 21.7. The molecule has 15 heteroatoms. The number of rotatable bonds is 7. The minimum atomic E-state index is -4.32. The number of nitrogens with one attached hydrogen (secondary N) is 3. The van der Waals surface area contributed by atoms with E-state index in [9.17, 15) is 36.0 Å². The molecule has 3 amide bonds. The summed E-state index contributed by atoms with van der Waals surface area (Å²) in [6.07, 6.45) is 0.618. The standard InChI is InChI=1S/C26H27F5N4O5S/c1-41(39,40)20(29)9-13(8-12-6-7-32-23(12)36)33-24(37)22-16-3-2-14(11-26(16,30)31)35(22)25(38)19-10-15-17(27)4-5-18(28)21(15)34-19/h4-5,9-10,12-14,16,22,34H,2-3,6-8,11H2,1H3,(H,32,36)(H,33,37)/b20-9+/t12-,13+,14-,16-,22-/m1/s1. The number of hydrogen-bond donors (Lipinski definition) is 3. The van der Waals surface area contributed by atoms with E-state index in [1.54, 1.807) is 0 Å². The smallest absolute Gasteiger partial charge is 0.271 e. The fourth-order valence-electron chi connectivity index (χ4n) is 6.10. The predicted octanol–water partition coefficient (Wildman–Crippen LogP) is 2.94. The number of aromatic nitrogens is 1. The van der Waals surface area contributed by atoms with E-state index in [1.165, 1.54) is 0 Å². The molecule has 222 valence electrons. The van der Waals surface area contributed by atoms with Gasteiger partial charge < -0.3 is 20.5 Å². The summed E-state index contributed by atoms with van der Waals surface area (Å²) in [5.74, 6) is -9.77. The minimum absolute atomic E-state index is 0.112. The van der Waals surface area contributed by atoms with Gasteiger partial charge in [0.2, 0.25) is 26.8 Å². The van der Waals surface area contributed by atoms with E-state index >= 15 is 8.78 Å². The van der Waals surface area contributed by atoms with E-state index in [1.807, 2.05) is 0 Å². The van der Waals surface area contributed by atoms with E-state index in [0.29, 0.717) is 25.3 Å². The first-order valence-electron chi connectivity index (χ1n) is 13.0. The molecule has 9 nitrogen and oxygen atoms in total. The number of alkyl halides is 2. The number of nitrogens with zero attached hydrogens (tertiary/aromatic N) is 1. The molecule has 1 saturated carbocycles. The summed E-state index contributed by atoms with van der Waals surface area (Å²) < 4.78 is 96.6. The molecule has 1 aromatic carbocycles. The third-order valence-electron chi connectivity index (χ3n) is 8.07. The number of carbonyl (C=O) groups is 3. The van der Waals surface area contributed by atoms with E-state index in [0.717, 1.165) is 23.1 Å². The lowest BCUT2D eigenvalue weighted by Gasteiger charge is -2.53. The molecular weight excluding hydrogens is 575 g/mol. The molecule has 3 aliphatic heterocycles. The molecule has 6 rings (SSSR count). The average molecular weight is 603 g/mol. The normalized spacial score (nSPS) is 26.7. The second kappa shape index (κ2) is 10.4. The van der Waals surface area contributed by atoms with Crippen molar-refractivity contribution in [1.29, 1.82) is 0 Å². The number of fused-ring (bicyclic) bond motifs is 4. The molecule has 4 fully saturated rings. The number of carbonyl (C=O) groups excluding carboxylic acids is 3. The number of benzene rings is 1. The van der Waals surface area contributed by atoms with Gasteiger partial charge in [0.1, 0.15) is 23.4 Å². The second-order valence-electron chi connectivity index (χ2n) is 10.8. The van der Waals surface area contributed by atoms with Gasteiger partial charge >= 0.3 is 0 Å². The Hall–Kier alpha value is -3.49. The number of amides is 3. The van der Waals surface area contributed by atoms with Gasteiger partial charge in [-0.1, -0.05) is 0 Å². The van der Waals surface area contributed by atoms with E-state index < -0.39 is 86.7 Å². The van der Waals surface area contributed by atoms with Crippen molar-refractivity contribution in [3.05, 3.63) is 46.8 Å². The molecule has 3 saturated heterocycles. The Morgan fingerprint density at radius 3 is 2.51 bits per heavy atom.